The molecule has 1 aliphatic carbocycles. The van der Waals surface area contributed by atoms with Crippen molar-refractivity contribution < 1.29 is 19.4 Å². The summed E-state index contributed by atoms with van der Waals surface area (Å²) in [6, 6.07) is 0.705. The lowest BCUT2D eigenvalue weighted by molar-refractivity contribution is -0.0260. The van der Waals surface area contributed by atoms with Gasteiger partial charge in [0, 0.05) is 7.11 Å². The second kappa shape index (κ2) is 5.40. The molecule has 1 saturated carbocycles. The standard InChI is InChI=1S/C10H22O4Si/c1-14-15(2,13)6-5-8-3-4-9(11)10(12)7-8/h8-13H,3-7H2,1-2H3. The average molecular weight is 234 g/mol. The van der Waals surface area contributed by atoms with E-state index < -0.39 is 20.8 Å². The lowest BCUT2D eigenvalue weighted by Gasteiger charge is -2.31. The van der Waals surface area contributed by atoms with E-state index in [9.17, 15) is 15.0 Å². The van der Waals surface area contributed by atoms with Gasteiger partial charge in [-0.25, -0.2) is 0 Å². The van der Waals surface area contributed by atoms with Gasteiger partial charge in [-0.15, -0.1) is 0 Å². The summed E-state index contributed by atoms with van der Waals surface area (Å²) in [7, 11) is -0.897. The molecule has 0 aromatic rings. The molecule has 1 fully saturated rings. The fourth-order valence-electron chi connectivity index (χ4n) is 2.05. The van der Waals surface area contributed by atoms with Crippen LogP contribution in [0.5, 0.6) is 0 Å². The Bertz CT molecular complexity index is 198. The fraction of sp³-hybridized carbons (Fsp3) is 1.00. The molecular formula is C10H22O4Si. The fourth-order valence-corrected chi connectivity index (χ4v) is 3.20. The lowest BCUT2D eigenvalue weighted by atomic mass is 9.84. The second-order valence-corrected chi connectivity index (χ2v) is 7.99. The van der Waals surface area contributed by atoms with Crippen LogP contribution < -0.4 is 0 Å². The molecule has 4 atom stereocenters. The van der Waals surface area contributed by atoms with E-state index in [0.29, 0.717) is 24.8 Å². The first-order chi connectivity index (χ1) is 6.94. The third-order valence-corrected chi connectivity index (χ3v) is 5.44. The summed E-state index contributed by atoms with van der Waals surface area (Å²) in [5, 5.41) is 18.9. The highest BCUT2D eigenvalue weighted by molar-refractivity contribution is 6.64. The molecule has 0 aromatic carbocycles. The average Bonchev–Trinajstić information content (AvgIpc) is 2.20. The quantitative estimate of drug-likeness (QED) is 0.623. The number of rotatable bonds is 4. The third-order valence-electron chi connectivity index (χ3n) is 3.35. The molecule has 15 heavy (non-hydrogen) atoms. The van der Waals surface area contributed by atoms with Gasteiger partial charge in [-0.2, -0.15) is 0 Å². The van der Waals surface area contributed by atoms with Crippen LogP contribution in [0.3, 0.4) is 0 Å². The molecule has 4 unspecified atom stereocenters. The van der Waals surface area contributed by atoms with Crippen LogP contribution in [0.2, 0.25) is 12.6 Å². The first-order valence-corrected chi connectivity index (χ1v) is 8.14. The van der Waals surface area contributed by atoms with Crippen LogP contribution in [-0.4, -0.2) is 42.9 Å². The van der Waals surface area contributed by atoms with Gasteiger partial charge >= 0.3 is 8.56 Å². The highest BCUT2D eigenvalue weighted by Gasteiger charge is 2.31. The minimum Gasteiger partial charge on any atom is -0.411 e. The smallest absolute Gasteiger partial charge is 0.331 e. The summed E-state index contributed by atoms with van der Waals surface area (Å²) >= 11 is 0. The van der Waals surface area contributed by atoms with Crippen molar-refractivity contribution in [1.82, 2.24) is 0 Å². The van der Waals surface area contributed by atoms with Gasteiger partial charge in [0.1, 0.15) is 0 Å². The molecule has 0 bridgehead atoms. The summed E-state index contributed by atoms with van der Waals surface area (Å²) in [5.41, 5.74) is 0. The van der Waals surface area contributed by atoms with Crippen molar-refractivity contribution in [3.63, 3.8) is 0 Å². The van der Waals surface area contributed by atoms with E-state index in [-0.39, 0.29) is 0 Å². The second-order valence-electron chi connectivity index (χ2n) is 4.73. The van der Waals surface area contributed by atoms with E-state index in [4.69, 9.17) is 4.43 Å². The van der Waals surface area contributed by atoms with Crippen molar-refractivity contribution in [1.29, 1.82) is 0 Å². The molecule has 0 heterocycles. The molecule has 0 saturated heterocycles. The molecule has 0 spiro atoms. The number of aliphatic hydroxyl groups excluding tert-OH is 2. The number of aliphatic hydroxyl groups is 2. The van der Waals surface area contributed by atoms with Crippen LogP contribution in [0.4, 0.5) is 0 Å². The summed E-state index contributed by atoms with van der Waals surface area (Å²) < 4.78 is 5.06. The highest BCUT2D eigenvalue weighted by atomic mass is 28.4. The predicted octanol–water partition coefficient (Wildman–Crippen LogP) is 0.609. The summed E-state index contributed by atoms with van der Waals surface area (Å²) in [6.45, 7) is 1.78. The molecule has 0 radical (unpaired) electrons. The van der Waals surface area contributed by atoms with Gasteiger partial charge < -0.3 is 19.4 Å². The van der Waals surface area contributed by atoms with Crippen molar-refractivity contribution in [2.24, 2.45) is 5.92 Å². The first-order valence-electron chi connectivity index (χ1n) is 5.58. The van der Waals surface area contributed by atoms with Gasteiger partial charge in [0.2, 0.25) is 0 Å². The Balaban J connectivity index is 2.28. The molecule has 3 N–H and O–H groups in total. The minimum atomic E-state index is -2.44. The molecule has 0 aromatic heterocycles. The van der Waals surface area contributed by atoms with E-state index in [2.05, 4.69) is 0 Å². The Morgan fingerprint density at radius 3 is 2.47 bits per heavy atom. The van der Waals surface area contributed by atoms with E-state index in [1.165, 1.54) is 0 Å². The summed E-state index contributed by atoms with van der Waals surface area (Å²) in [5.74, 6) is 0.414. The van der Waals surface area contributed by atoms with Crippen molar-refractivity contribution in [2.45, 2.75) is 50.5 Å². The van der Waals surface area contributed by atoms with Gasteiger partial charge in [-0.1, -0.05) is 0 Å². The Morgan fingerprint density at radius 1 is 1.27 bits per heavy atom. The van der Waals surface area contributed by atoms with Crippen LogP contribution in [-0.2, 0) is 4.43 Å². The zero-order valence-corrected chi connectivity index (χ0v) is 10.5. The van der Waals surface area contributed by atoms with E-state index >= 15 is 0 Å². The highest BCUT2D eigenvalue weighted by Crippen LogP contribution is 2.29. The zero-order chi connectivity index (χ0) is 11.5. The monoisotopic (exact) mass is 234 g/mol. The van der Waals surface area contributed by atoms with Gasteiger partial charge in [0.15, 0.2) is 0 Å². The number of hydrogen-bond acceptors (Lipinski definition) is 4. The predicted molar refractivity (Wildman–Crippen MR) is 59.6 cm³/mol. The molecule has 0 amide bonds. The lowest BCUT2D eigenvalue weighted by Crippen LogP contribution is -2.36. The van der Waals surface area contributed by atoms with Crippen LogP contribution >= 0.6 is 0 Å². The van der Waals surface area contributed by atoms with Crippen LogP contribution in [0.15, 0.2) is 0 Å². The molecular weight excluding hydrogens is 212 g/mol. The molecule has 4 nitrogen and oxygen atoms in total. The maximum Gasteiger partial charge on any atom is 0.331 e. The Kier molecular flexibility index (Phi) is 4.73. The normalized spacial score (nSPS) is 36.2. The molecule has 1 aliphatic rings. The maximum absolute atomic E-state index is 9.78. The van der Waals surface area contributed by atoms with Gasteiger partial charge in [0.05, 0.1) is 12.2 Å². The summed E-state index contributed by atoms with van der Waals surface area (Å²) in [6.07, 6.45) is 2.00. The zero-order valence-electron chi connectivity index (χ0n) is 9.52. The topological polar surface area (TPSA) is 69.9 Å². The van der Waals surface area contributed by atoms with Crippen molar-refractivity contribution in [3.8, 4) is 0 Å². The van der Waals surface area contributed by atoms with Crippen molar-refractivity contribution in [3.05, 3.63) is 0 Å². The molecule has 90 valence electrons. The third kappa shape index (κ3) is 4.20. The number of hydrogen-bond donors (Lipinski definition) is 3. The Hall–Kier alpha value is 0.0569. The van der Waals surface area contributed by atoms with Crippen LogP contribution in [0.1, 0.15) is 25.7 Å². The first kappa shape index (κ1) is 13.1. The van der Waals surface area contributed by atoms with Crippen LogP contribution in [0, 0.1) is 5.92 Å². The van der Waals surface area contributed by atoms with Gasteiger partial charge in [-0.3, -0.25) is 0 Å². The molecule has 0 aliphatic heterocycles. The minimum absolute atomic E-state index is 0.414. The molecule has 5 heteroatoms. The Morgan fingerprint density at radius 2 is 1.93 bits per heavy atom. The SMILES string of the molecule is CO[Si](C)(O)CCC1CCC(O)C(O)C1. The maximum atomic E-state index is 9.78. The van der Waals surface area contributed by atoms with Gasteiger partial charge in [0.25, 0.3) is 0 Å². The summed E-state index contributed by atoms with van der Waals surface area (Å²) in [4.78, 5) is 9.78. The Labute approximate surface area is 92.1 Å². The van der Waals surface area contributed by atoms with Crippen LogP contribution in [0.25, 0.3) is 0 Å². The largest absolute Gasteiger partial charge is 0.411 e. The van der Waals surface area contributed by atoms with E-state index in [0.717, 1.165) is 12.8 Å². The molecule has 1 rings (SSSR count). The van der Waals surface area contributed by atoms with Crippen molar-refractivity contribution >= 4 is 8.56 Å². The van der Waals surface area contributed by atoms with Crippen molar-refractivity contribution in [2.75, 3.05) is 7.11 Å². The van der Waals surface area contributed by atoms with E-state index in [1.54, 1.807) is 13.7 Å². The van der Waals surface area contributed by atoms with E-state index in [1.807, 2.05) is 0 Å². The van der Waals surface area contributed by atoms with Gasteiger partial charge in [-0.05, 0) is 44.2 Å².